The number of piperidine rings is 1. The van der Waals surface area contributed by atoms with Gasteiger partial charge < -0.3 is 11.1 Å². The molecule has 1 aromatic heterocycles. The number of likely N-dealkylation sites (tertiary alicyclic amines) is 1. The molecule has 3 N–H and O–H groups in total. The number of nitrogens with zero attached hydrogens (tertiary/aromatic N) is 2. The molecule has 0 bridgehead atoms. The Balaban J connectivity index is 1.61. The fraction of sp³-hybridized carbons (Fsp3) is 0.350. The van der Waals surface area contributed by atoms with Gasteiger partial charge in [0.15, 0.2) is 0 Å². The highest BCUT2D eigenvalue weighted by molar-refractivity contribution is 5.95. The van der Waals surface area contributed by atoms with E-state index in [-0.39, 0.29) is 24.4 Å². The normalized spacial score (nSPS) is 15.6. The third-order valence-corrected chi connectivity index (χ3v) is 4.70. The van der Waals surface area contributed by atoms with Crippen molar-refractivity contribution < 1.29 is 9.59 Å². The van der Waals surface area contributed by atoms with Crippen molar-refractivity contribution in [2.24, 2.45) is 5.73 Å². The first-order chi connectivity index (χ1) is 12.5. The van der Waals surface area contributed by atoms with Crippen molar-refractivity contribution in [3.63, 3.8) is 0 Å². The molecule has 1 aliphatic heterocycles. The van der Waals surface area contributed by atoms with Gasteiger partial charge >= 0.3 is 0 Å². The van der Waals surface area contributed by atoms with Crippen molar-refractivity contribution in [2.75, 3.05) is 19.6 Å². The minimum absolute atomic E-state index is 0.0945. The van der Waals surface area contributed by atoms with Gasteiger partial charge in [-0.15, -0.1) is 0 Å². The van der Waals surface area contributed by atoms with Crippen LogP contribution in [0.5, 0.6) is 0 Å². The highest BCUT2D eigenvalue weighted by Crippen LogP contribution is 2.19. The summed E-state index contributed by atoms with van der Waals surface area (Å²) in [7, 11) is 0. The lowest BCUT2D eigenvalue weighted by molar-refractivity contribution is -0.119. The zero-order chi connectivity index (χ0) is 18.5. The Morgan fingerprint density at radius 1 is 1.15 bits per heavy atom. The number of nitrogens with two attached hydrogens (primary N) is 1. The van der Waals surface area contributed by atoms with Gasteiger partial charge in [0, 0.05) is 24.7 Å². The summed E-state index contributed by atoms with van der Waals surface area (Å²) in [5, 5.41) is 3.09. The summed E-state index contributed by atoms with van der Waals surface area (Å²) in [5.74, 6) is -0.407. The summed E-state index contributed by atoms with van der Waals surface area (Å²) in [6, 6.07) is 13.7. The van der Waals surface area contributed by atoms with E-state index in [4.69, 9.17) is 5.73 Å². The molecule has 6 heteroatoms. The summed E-state index contributed by atoms with van der Waals surface area (Å²) < 4.78 is 0. The van der Waals surface area contributed by atoms with Crippen molar-refractivity contribution in [1.82, 2.24) is 15.2 Å². The maximum absolute atomic E-state index is 12.6. The van der Waals surface area contributed by atoms with Gasteiger partial charge in [0.2, 0.25) is 5.91 Å². The zero-order valence-electron chi connectivity index (χ0n) is 14.9. The molecule has 0 spiro atoms. The van der Waals surface area contributed by atoms with Crippen LogP contribution in [0.2, 0.25) is 0 Å². The highest BCUT2D eigenvalue weighted by Gasteiger charge is 2.22. The molecule has 136 valence electrons. The molecule has 0 atom stereocenters. The molecule has 26 heavy (non-hydrogen) atoms. The van der Waals surface area contributed by atoms with Gasteiger partial charge in [-0.2, -0.15) is 0 Å². The van der Waals surface area contributed by atoms with E-state index in [1.807, 2.05) is 54.3 Å². The molecule has 1 saturated heterocycles. The van der Waals surface area contributed by atoms with Gasteiger partial charge in [0.25, 0.3) is 5.91 Å². The van der Waals surface area contributed by atoms with Crippen molar-refractivity contribution in [3.8, 4) is 11.3 Å². The third-order valence-electron chi connectivity index (χ3n) is 4.70. The van der Waals surface area contributed by atoms with Crippen LogP contribution >= 0.6 is 0 Å². The fourth-order valence-electron chi connectivity index (χ4n) is 3.29. The van der Waals surface area contributed by atoms with E-state index in [1.54, 1.807) is 0 Å². The molecule has 0 saturated carbocycles. The second kappa shape index (κ2) is 8.10. The summed E-state index contributed by atoms with van der Waals surface area (Å²) in [6.07, 6.45) is 1.63. The van der Waals surface area contributed by atoms with Crippen LogP contribution in [0.15, 0.2) is 42.5 Å². The number of amides is 2. The van der Waals surface area contributed by atoms with Crippen LogP contribution in [0.25, 0.3) is 11.3 Å². The Morgan fingerprint density at radius 2 is 1.85 bits per heavy atom. The largest absolute Gasteiger partial charge is 0.369 e. The smallest absolute Gasteiger partial charge is 0.253 e. The van der Waals surface area contributed by atoms with E-state index in [0.717, 1.165) is 42.9 Å². The lowest BCUT2D eigenvalue weighted by Gasteiger charge is -2.31. The number of carbonyl (C=O) groups excluding carboxylic acids is 2. The van der Waals surface area contributed by atoms with E-state index in [1.165, 1.54) is 0 Å². The number of rotatable bonds is 5. The third kappa shape index (κ3) is 4.46. The van der Waals surface area contributed by atoms with E-state index < -0.39 is 0 Å². The van der Waals surface area contributed by atoms with Gasteiger partial charge in [0.05, 0.1) is 23.5 Å². The van der Waals surface area contributed by atoms with E-state index in [2.05, 4.69) is 10.3 Å². The first kappa shape index (κ1) is 18.1. The predicted molar refractivity (Wildman–Crippen MR) is 101 cm³/mol. The molecule has 1 aliphatic rings. The maximum Gasteiger partial charge on any atom is 0.253 e. The van der Waals surface area contributed by atoms with Gasteiger partial charge in [-0.1, -0.05) is 30.3 Å². The topological polar surface area (TPSA) is 88.3 Å². The summed E-state index contributed by atoms with van der Waals surface area (Å²) in [6.45, 7) is 3.66. The van der Waals surface area contributed by atoms with Gasteiger partial charge in [-0.3, -0.25) is 19.5 Å². The predicted octanol–water partition coefficient (Wildman–Crippen LogP) is 1.74. The molecule has 6 nitrogen and oxygen atoms in total. The van der Waals surface area contributed by atoms with Crippen LogP contribution in [-0.2, 0) is 4.79 Å². The Bertz CT molecular complexity index is 784. The number of hydrogen-bond acceptors (Lipinski definition) is 4. The number of hydrogen-bond donors (Lipinski definition) is 2. The van der Waals surface area contributed by atoms with Gasteiger partial charge in [-0.25, -0.2) is 0 Å². The number of pyridine rings is 1. The number of carbonyl (C=O) groups is 2. The Labute approximate surface area is 153 Å². The first-order valence-electron chi connectivity index (χ1n) is 8.87. The number of primary amides is 1. The minimum atomic E-state index is -0.312. The monoisotopic (exact) mass is 352 g/mol. The Hall–Kier alpha value is -2.73. The maximum atomic E-state index is 12.6. The standard InChI is InChI=1S/C20H24N4O2/c1-14-17(7-8-18(22-14)15-5-3-2-4-6-15)20(26)23-16-9-11-24(12-10-16)13-19(21)25/h2-8,16H,9-13H2,1H3,(H2,21,25)(H,23,26). The number of aromatic nitrogens is 1. The van der Waals surface area contributed by atoms with Crippen LogP contribution < -0.4 is 11.1 Å². The minimum Gasteiger partial charge on any atom is -0.369 e. The number of benzene rings is 1. The Kier molecular flexibility index (Phi) is 5.63. The fourth-order valence-corrected chi connectivity index (χ4v) is 3.29. The van der Waals surface area contributed by atoms with Crippen molar-refractivity contribution >= 4 is 11.8 Å². The van der Waals surface area contributed by atoms with Crippen molar-refractivity contribution in [2.45, 2.75) is 25.8 Å². The average Bonchev–Trinajstić information content (AvgIpc) is 2.63. The molecule has 2 aromatic rings. The van der Waals surface area contributed by atoms with Crippen LogP contribution in [0.1, 0.15) is 28.9 Å². The molecular formula is C20H24N4O2. The first-order valence-corrected chi connectivity index (χ1v) is 8.87. The van der Waals surface area contributed by atoms with Crippen molar-refractivity contribution in [3.05, 3.63) is 53.7 Å². The zero-order valence-corrected chi connectivity index (χ0v) is 14.9. The van der Waals surface area contributed by atoms with Crippen LogP contribution in [0, 0.1) is 6.92 Å². The molecule has 2 amide bonds. The summed E-state index contributed by atoms with van der Waals surface area (Å²) in [4.78, 5) is 30.2. The molecule has 0 radical (unpaired) electrons. The second-order valence-electron chi connectivity index (χ2n) is 6.69. The molecule has 1 fully saturated rings. The molecule has 3 rings (SSSR count). The van der Waals surface area contributed by atoms with E-state index >= 15 is 0 Å². The quantitative estimate of drug-likeness (QED) is 0.858. The molecule has 1 aromatic carbocycles. The molecule has 2 heterocycles. The van der Waals surface area contributed by atoms with Crippen molar-refractivity contribution in [1.29, 1.82) is 0 Å². The number of aryl methyl sites for hydroxylation is 1. The van der Waals surface area contributed by atoms with Crippen LogP contribution in [0.4, 0.5) is 0 Å². The lowest BCUT2D eigenvalue weighted by Crippen LogP contribution is -2.46. The van der Waals surface area contributed by atoms with E-state index in [9.17, 15) is 9.59 Å². The Morgan fingerprint density at radius 3 is 2.46 bits per heavy atom. The van der Waals surface area contributed by atoms with Crippen LogP contribution in [-0.4, -0.2) is 47.4 Å². The summed E-state index contributed by atoms with van der Waals surface area (Å²) >= 11 is 0. The molecule has 0 aliphatic carbocycles. The summed E-state index contributed by atoms with van der Waals surface area (Å²) in [5.41, 5.74) is 8.44. The van der Waals surface area contributed by atoms with Gasteiger partial charge in [-0.05, 0) is 31.9 Å². The van der Waals surface area contributed by atoms with Gasteiger partial charge in [0.1, 0.15) is 0 Å². The lowest BCUT2D eigenvalue weighted by atomic mass is 10.0. The molecular weight excluding hydrogens is 328 g/mol. The van der Waals surface area contributed by atoms with Crippen LogP contribution in [0.3, 0.4) is 0 Å². The van der Waals surface area contributed by atoms with E-state index in [0.29, 0.717) is 5.56 Å². The molecule has 0 unspecified atom stereocenters. The highest BCUT2D eigenvalue weighted by atomic mass is 16.2. The average molecular weight is 352 g/mol. The SMILES string of the molecule is Cc1nc(-c2ccccc2)ccc1C(=O)NC1CCN(CC(N)=O)CC1. The second-order valence-corrected chi connectivity index (χ2v) is 6.69. The number of nitrogens with one attached hydrogen (secondary N) is 1.